The molecule has 1 fully saturated rings. The van der Waals surface area contributed by atoms with Gasteiger partial charge in [-0.15, -0.1) is 0 Å². The zero-order valence-electron chi connectivity index (χ0n) is 12.0. The molecule has 21 heavy (non-hydrogen) atoms. The summed E-state index contributed by atoms with van der Waals surface area (Å²) >= 11 is 0. The fraction of sp³-hybridized carbons (Fsp3) is 0.400. The maximum Gasteiger partial charge on any atom is 0.329 e. The Hall–Kier alpha value is -2.55. The summed E-state index contributed by atoms with van der Waals surface area (Å²) in [5.74, 6) is -1.04. The average molecular weight is 287 g/mol. The number of nitrogens with zero attached hydrogens (tertiary/aromatic N) is 2. The van der Waals surface area contributed by atoms with E-state index < -0.39 is 17.5 Å². The highest BCUT2D eigenvalue weighted by molar-refractivity contribution is 5.95. The molecular weight excluding hydrogens is 270 g/mol. The van der Waals surface area contributed by atoms with Gasteiger partial charge in [-0.05, 0) is 49.9 Å². The number of urea groups is 1. The fourth-order valence-electron chi connectivity index (χ4n) is 2.17. The first kappa shape index (κ1) is 14.9. The lowest BCUT2D eigenvalue weighted by molar-refractivity contribution is -0.144. The summed E-state index contributed by atoms with van der Waals surface area (Å²) in [5, 5.41) is 20.7. The molecule has 1 aliphatic rings. The highest BCUT2D eigenvalue weighted by Gasteiger charge is 2.49. The standard InChI is InChI=1S/C15H17N3O3/c1-15(13(19)20,11-5-6-11)17-14(21)18(2)12-7-3-10(9-16)4-8-12/h3-4,7-8,11H,5-6H2,1-2H3,(H,17,21)(H,19,20). The molecule has 6 nitrogen and oxygen atoms in total. The summed E-state index contributed by atoms with van der Waals surface area (Å²) in [5.41, 5.74) is -0.145. The second-order valence-electron chi connectivity index (χ2n) is 5.43. The predicted octanol–water partition coefficient (Wildman–Crippen LogP) is 1.96. The van der Waals surface area contributed by atoms with Gasteiger partial charge in [0.25, 0.3) is 0 Å². The maximum absolute atomic E-state index is 12.2. The van der Waals surface area contributed by atoms with Crippen LogP contribution in [0.15, 0.2) is 24.3 Å². The molecule has 1 unspecified atom stereocenters. The summed E-state index contributed by atoms with van der Waals surface area (Å²) in [6.07, 6.45) is 1.62. The van der Waals surface area contributed by atoms with Crippen LogP contribution in [0.3, 0.4) is 0 Å². The lowest BCUT2D eigenvalue weighted by atomic mass is 9.96. The molecule has 2 amide bonds. The molecular formula is C15H17N3O3. The smallest absolute Gasteiger partial charge is 0.329 e. The second kappa shape index (κ2) is 5.44. The third-order valence-corrected chi connectivity index (χ3v) is 3.89. The van der Waals surface area contributed by atoms with Crippen LogP contribution in [0, 0.1) is 17.2 Å². The number of benzene rings is 1. The molecule has 0 radical (unpaired) electrons. The summed E-state index contributed by atoms with van der Waals surface area (Å²) in [6.45, 7) is 1.54. The van der Waals surface area contributed by atoms with Crippen molar-refractivity contribution in [1.29, 1.82) is 5.26 Å². The molecule has 2 N–H and O–H groups in total. The number of anilines is 1. The number of amides is 2. The Kier molecular flexibility index (Phi) is 3.85. The summed E-state index contributed by atoms with van der Waals surface area (Å²) in [6, 6.07) is 8.03. The number of nitrogens with one attached hydrogen (secondary N) is 1. The van der Waals surface area contributed by atoms with E-state index in [1.165, 1.54) is 11.8 Å². The SMILES string of the molecule is CN(C(=O)NC(C)(C(=O)O)C1CC1)c1ccc(C#N)cc1. The molecule has 0 saturated heterocycles. The zero-order valence-corrected chi connectivity index (χ0v) is 12.0. The third-order valence-electron chi connectivity index (χ3n) is 3.89. The number of nitriles is 1. The lowest BCUT2D eigenvalue weighted by Gasteiger charge is -2.29. The Labute approximate surface area is 123 Å². The van der Waals surface area contributed by atoms with Gasteiger partial charge >= 0.3 is 12.0 Å². The molecule has 0 aromatic heterocycles. The molecule has 1 aromatic carbocycles. The van der Waals surface area contributed by atoms with Gasteiger partial charge in [-0.1, -0.05) is 0 Å². The fourth-order valence-corrected chi connectivity index (χ4v) is 2.17. The molecule has 110 valence electrons. The first-order valence-corrected chi connectivity index (χ1v) is 6.68. The van der Waals surface area contributed by atoms with Gasteiger partial charge in [0.05, 0.1) is 11.6 Å². The predicted molar refractivity (Wildman–Crippen MR) is 76.9 cm³/mol. The minimum atomic E-state index is -1.24. The van der Waals surface area contributed by atoms with Gasteiger partial charge in [0.15, 0.2) is 0 Å². The van der Waals surface area contributed by atoms with Crippen LogP contribution in [-0.2, 0) is 4.79 Å². The van der Waals surface area contributed by atoms with Crippen LogP contribution in [0.2, 0.25) is 0 Å². The number of carbonyl (C=O) groups is 2. The average Bonchev–Trinajstić information content (AvgIpc) is 3.31. The van der Waals surface area contributed by atoms with Gasteiger partial charge in [-0.2, -0.15) is 5.26 Å². The molecule has 2 rings (SSSR count). The molecule has 0 aliphatic heterocycles. The van der Waals surface area contributed by atoms with E-state index in [1.54, 1.807) is 31.3 Å². The number of hydrogen-bond acceptors (Lipinski definition) is 3. The van der Waals surface area contributed by atoms with E-state index in [9.17, 15) is 14.7 Å². The van der Waals surface area contributed by atoms with Gasteiger partial charge < -0.3 is 10.4 Å². The first-order valence-electron chi connectivity index (χ1n) is 6.68. The maximum atomic E-state index is 12.2. The van der Waals surface area contributed by atoms with E-state index in [1.807, 2.05) is 6.07 Å². The first-order chi connectivity index (χ1) is 9.88. The van der Waals surface area contributed by atoms with Crippen LogP contribution in [0.5, 0.6) is 0 Å². The van der Waals surface area contributed by atoms with Crippen molar-refractivity contribution >= 4 is 17.7 Å². The van der Waals surface area contributed by atoms with Crippen molar-refractivity contribution in [2.45, 2.75) is 25.3 Å². The Morgan fingerprint density at radius 1 is 1.38 bits per heavy atom. The summed E-state index contributed by atoms with van der Waals surface area (Å²) < 4.78 is 0. The Morgan fingerprint density at radius 2 is 1.95 bits per heavy atom. The highest BCUT2D eigenvalue weighted by atomic mass is 16.4. The van der Waals surface area contributed by atoms with Gasteiger partial charge in [-0.3, -0.25) is 4.90 Å². The monoisotopic (exact) mass is 287 g/mol. The third kappa shape index (κ3) is 2.97. The number of carboxylic acids is 1. The van der Waals surface area contributed by atoms with Crippen LogP contribution >= 0.6 is 0 Å². The molecule has 0 heterocycles. The van der Waals surface area contributed by atoms with Gasteiger partial charge in [0.1, 0.15) is 5.54 Å². The highest BCUT2D eigenvalue weighted by Crippen LogP contribution is 2.39. The van der Waals surface area contributed by atoms with Gasteiger partial charge in [0.2, 0.25) is 0 Å². The van der Waals surface area contributed by atoms with Crippen LogP contribution in [0.4, 0.5) is 10.5 Å². The summed E-state index contributed by atoms with van der Waals surface area (Å²) in [7, 11) is 1.56. The number of carboxylic acid groups (broad SMARTS) is 1. The molecule has 1 atom stereocenters. The van der Waals surface area contributed by atoms with Crippen molar-refractivity contribution in [2.75, 3.05) is 11.9 Å². The molecule has 1 saturated carbocycles. The van der Waals surface area contributed by atoms with Crippen LogP contribution < -0.4 is 10.2 Å². The molecule has 1 aliphatic carbocycles. The zero-order chi connectivity index (χ0) is 15.6. The Morgan fingerprint density at radius 3 is 2.38 bits per heavy atom. The second-order valence-corrected chi connectivity index (χ2v) is 5.43. The van der Waals surface area contributed by atoms with E-state index in [-0.39, 0.29) is 5.92 Å². The van der Waals surface area contributed by atoms with E-state index in [2.05, 4.69) is 5.32 Å². The van der Waals surface area contributed by atoms with E-state index in [4.69, 9.17) is 5.26 Å². The normalized spacial score (nSPS) is 16.4. The molecule has 1 aromatic rings. The number of aliphatic carboxylic acids is 1. The largest absolute Gasteiger partial charge is 0.480 e. The lowest BCUT2D eigenvalue weighted by Crippen LogP contribution is -2.57. The van der Waals surface area contributed by atoms with Crippen molar-refractivity contribution in [2.24, 2.45) is 5.92 Å². The van der Waals surface area contributed by atoms with Crippen LogP contribution in [0.25, 0.3) is 0 Å². The van der Waals surface area contributed by atoms with Crippen molar-refractivity contribution in [1.82, 2.24) is 5.32 Å². The Bertz CT molecular complexity index is 602. The molecule has 0 bridgehead atoms. The van der Waals surface area contributed by atoms with Crippen molar-refractivity contribution < 1.29 is 14.7 Å². The topological polar surface area (TPSA) is 93.4 Å². The number of carbonyl (C=O) groups excluding carboxylic acids is 1. The summed E-state index contributed by atoms with van der Waals surface area (Å²) in [4.78, 5) is 25.0. The number of rotatable bonds is 4. The van der Waals surface area contributed by atoms with E-state index in [0.717, 1.165) is 12.8 Å². The molecule has 0 spiro atoms. The minimum absolute atomic E-state index is 0.0201. The Balaban J connectivity index is 2.11. The van der Waals surface area contributed by atoms with Gasteiger partial charge in [0, 0.05) is 12.7 Å². The van der Waals surface area contributed by atoms with E-state index >= 15 is 0 Å². The quantitative estimate of drug-likeness (QED) is 0.885. The van der Waals surface area contributed by atoms with Crippen LogP contribution in [0.1, 0.15) is 25.3 Å². The molecule has 6 heteroatoms. The minimum Gasteiger partial charge on any atom is -0.480 e. The van der Waals surface area contributed by atoms with Gasteiger partial charge in [-0.25, -0.2) is 9.59 Å². The van der Waals surface area contributed by atoms with Crippen LogP contribution in [-0.4, -0.2) is 29.7 Å². The van der Waals surface area contributed by atoms with E-state index in [0.29, 0.717) is 11.3 Å². The van der Waals surface area contributed by atoms with Crippen molar-refractivity contribution in [3.8, 4) is 6.07 Å². The number of hydrogen-bond donors (Lipinski definition) is 2. The van der Waals surface area contributed by atoms with Crippen molar-refractivity contribution in [3.05, 3.63) is 29.8 Å². The van der Waals surface area contributed by atoms with Crippen molar-refractivity contribution in [3.63, 3.8) is 0 Å².